The Hall–Kier alpha value is -1.35. The highest BCUT2D eigenvalue weighted by Gasteiger charge is 2.38. The van der Waals surface area contributed by atoms with Crippen molar-refractivity contribution in [1.29, 1.82) is 0 Å². The molecule has 0 spiro atoms. The van der Waals surface area contributed by atoms with Crippen LogP contribution < -0.4 is 0 Å². The summed E-state index contributed by atoms with van der Waals surface area (Å²) < 4.78 is 5.92. The highest BCUT2D eigenvalue weighted by atomic mass is 16.5. The van der Waals surface area contributed by atoms with Gasteiger partial charge in [-0.1, -0.05) is 18.2 Å². The summed E-state index contributed by atoms with van der Waals surface area (Å²) in [6.45, 7) is 5.74. The van der Waals surface area contributed by atoms with Gasteiger partial charge in [0.05, 0.1) is 12.2 Å². The third kappa shape index (κ3) is 2.39. The topological polar surface area (TPSA) is 29.5 Å². The Morgan fingerprint density at radius 1 is 1.37 bits per heavy atom. The smallest absolute Gasteiger partial charge is 0.254 e. The lowest BCUT2D eigenvalue weighted by Crippen LogP contribution is -2.45. The molecule has 0 N–H and O–H groups in total. The van der Waals surface area contributed by atoms with Crippen LogP contribution in [0.5, 0.6) is 0 Å². The molecule has 0 aromatic heterocycles. The number of hydrogen-bond donors (Lipinski definition) is 0. The molecule has 1 aromatic carbocycles. The van der Waals surface area contributed by atoms with Crippen LogP contribution in [0.15, 0.2) is 24.3 Å². The quantitative estimate of drug-likeness (QED) is 0.776. The van der Waals surface area contributed by atoms with Crippen LogP contribution in [0.2, 0.25) is 0 Å². The summed E-state index contributed by atoms with van der Waals surface area (Å²) in [5.74, 6) is 0.802. The number of hydrogen-bond acceptors (Lipinski definition) is 2. The van der Waals surface area contributed by atoms with Crippen LogP contribution in [0.25, 0.3) is 0 Å². The molecule has 0 bridgehead atoms. The molecule has 2 aliphatic heterocycles. The van der Waals surface area contributed by atoms with Gasteiger partial charge in [-0.25, -0.2) is 0 Å². The molecule has 0 aliphatic carbocycles. The first kappa shape index (κ1) is 12.7. The van der Waals surface area contributed by atoms with Gasteiger partial charge in [-0.15, -0.1) is 0 Å². The molecule has 3 atom stereocenters. The molecule has 3 rings (SSSR count). The molecule has 3 heteroatoms. The molecule has 0 saturated carbocycles. The van der Waals surface area contributed by atoms with E-state index >= 15 is 0 Å². The molecule has 3 nitrogen and oxygen atoms in total. The van der Waals surface area contributed by atoms with Crippen molar-refractivity contribution >= 4 is 5.91 Å². The summed E-state index contributed by atoms with van der Waals surface area (Å²) in [7, 11) is 0. The van der Waals surface area contributed by atoms with Crippen molar-refractivity contribution in [2.24, 2.45) is 5.92 Å². The first-order valence-corrected chi connectivity index (χ1v) is 7.15. The Kier molecular flexibility index (Phi) is 3.31. The van der Waals surface area contributed by atoms with Gasteiger partial charge in [-0.3, -0.25) is 4.79 Å². The number of amides is 1. The number of carbonyl (C=O) groups excluding carboxylic acids is 1. The van der Waals surface area contributed by atoms with Crippen molar-refractivity contribution in [1.82, 2.24) is 4.90 Å². The van der Waals surface area contributed by atoms with Gasteiger partial charge in [0.2, 0.25) is 0 Å². The number of nitrogens with zero attached hydrogens (tertiary/aromatic N) is 1. The van der Waals surface area contributed by atoms with Gasteiger partial charge in [-0.2, -0.15) is 0 Å². The summed E-state index contributed by atoms with van der Waals surface area (Å²) >= 11 is 0. The Morgan fingerprint density at radius 2 is 2.16 bits per heavy atom. The standard InChI is InChI=1S/C16H21NO2/c1-11-5-3-4-6-14(11)16(18)17-8-7-13-9-12(2)19-15(13)10-17/h3-6,12-13,15H,7-10H2,1-2H3/t12-,13-,15+/m0/s1. The van der Waals surface area contributed by atoms with E-state index in [2.05, 4.69) is 6.92 Å². The molecular weight excluding hydrogens is 238 g/mol. The number of carbonyl (C=O) groups is 1. The molecule has 0 radical (unpaired) electrons. The summed E-state index contributed by atoms with van der Waals surface area (Å²) in [5, 5.41) is 0. The maximum atomic E-state index is 12.6. The molecular formula is C16H21NO2. The maximum Gasteiger partial charge on any atom is 0.254 e. The number of fused-ring (bicyclic) bond motifs is 1. The zero-order chi connectivity index (χ0) is 13.4. The predicted molar refractivity (Wildman–Crippen MR) is 74.1 cm³/mol. The Bertz CT molecular complexity index is 485. The highest BCUT2D eigenvalue weighted by molar-refractivity contribution is 5.95. The third-order valence-corrected chi connectivity index (χ3v) is 4.40. The van der Waals surface area contributed by atoms with E-state index in [1.807, 2.05) is 36.1 Å². The van der Waals surface area contributed by atoms with Crippen LogP contribution in [0, 0.1) is 12.8 Å². The van der Waals surface area contributed by atoms with Crippen LogP contribution in [0.4, 0.5) is 0 Å². The van der Waals surface area contributed by atoms with Crippen molar-refractivity contribution in [3.05, 3.63) is 35.4 Å². The molecule has 0 unspecified atom stereocenters. The van der Waals surface area contributed by atoms with Crippen molar-refractivity contribution in [3.63, 3.8) is 0 Å². The first-order valence-electron chi connectivity index (χ1n) is 7.15. The number of aryl methyl sites for hydroxylation is 1. The fourth-order valence-corrected chi connectivity index (χ4v) is 3.34. The maximum absolute atomic E-state index is 12.6. The first-order chi connectivity index (χ1) is 9.15. The molecule has 1 aromatic rings. The molecule has 102 valence electrons. The number of rotatable bonds is 1. The number of likely N-dealkylation sites (tertiary alicyclic amines) is 1. The SMILES string of the molecule is Cc1ccccc1C(=O)N1CC[C@H]2C[C@H](C)O[C@@H]2C1. The monoisotopic (exact) mass is 259 g/mol. The summed E-state index contributed by atoms with van der Waals surface area (Å²) in [6, 6.07) is 7.82. The minimum Gasteiger partial charge on any atom is -0.373 e. The number of piperidine rings is 1. The third-order valence-electron chi connectivity index (χ3n) is 4.40. The Balaban J connectivity index is 1.74. The van der Waals surface area contributed by atoms with Crippen LogP contribution in [-0.4, -0.2) is 36.1 Å². The van der Waals surface area contributed by atoms with Crippen LogP contribution >= 0.6 is 0 Å². The fourth-order valence-electron chi connectivity index (χ4n) is 3.34. The van der Waals surface area contributed by atoms with E-state index in [1.165, 1.54) is 0 Å². The van der Waals surface area contributed by atoms with E-state index in [-0.39, 0.29) is 12.0 Å². The second-order valence-electron chi connectivity index (χ2n) is 5.84. The van der Waals surface area contributed by atoms with Gasteiger partial charge in [0.25, 0.3) is 5.91 Å². The lowest BCUT2D eigenvalue weighted by atomic mass is 9.91. The number of ether oxygens (including phenoxy) is 1. The zero-order valence-corrected chi connectivity index (χ0v) is 11.6. The van der Waals surface area contributed by atoms with E-state index in [0.29, 0.717) is 12.0 Å². The summed E-state index contributed by atoms with van der Waals surface area (Å²) in [6.07, 6.45) is 2.82. The molecule has 2 saturated heterocycles. The number of benzene rings is 1. The van der Waals surface area contributed by atoms with Crippen LogP contribution in [0.1, 0.15) is 35.7 Å². The van der Waals surface area contributed by atoms with Gasteiger partial charge < -0.3 is 9.64 Å². The van der Waals surface area contributed by atoms with Gasteiger partial charge in [0.15, 0.2) is 0 Å². The minimum atomic E-state index is 0.153. The second kappa shape index (κ2) is 4.97. The summed E-state index contributed by atoms with van der Waals surface area (Å²) in [4.78, 5) is 14.5. The predicted octanol–water partition coefficient (Wildman–Crippen LogP) is 2.63. The zero-order valence-electron chi connectivity index (χ0n) is 11.6. The summed E-state index contributed by atoms with van der Waals surface area (Å²) in [5.41, 5.74) is 1.88. The van der Waals surface area contributed by atoms with E-state index in [9.17, 15) is 4.79 Å². The molecule has 1 amide bonds. The highest BCUT2D eigenvalue weighted by Crippen LogP contribution is 2.33. The van der Waals surface area contributed by atoms with E-state index in [1.54, 1.807) is 0 Å². The lowest BCUT2D eigenvalue weighted by Gasteiger charge is -2.34. The Labute approximate surface area is 114 Å². The van der Waals surface area contributed by atoms with E-state index in [4.69, 9.17) is 4.74 Å². The average Bonchev–Trinajstić information content (AvgIpc) is 2.77. The molecule has 2 heterocycles. The van der Waals surface area contributed by atoms with Gasteiger partial charge in [0.1, 0.15) is 0 Å². The van der Waals surface area contributed by atoms with Gasteiger partial charge >= 0.3 is 0 Å². The minimum absolute atomic E-state index is 0.153. The van der Waals surface area contributed by atoms with E-state index in [0.717, 1.165) is 37.1 Å². The van der Waals surface area contributed by atoms with E-state index < -0.39 is 0 Å². The van der Waals surface area contributed by atoms with Gasteiger partial charge in [-0.05, 0) is 44.2 Å². The molecule has 2 aliphatic rings. The average molecular weight is 259 g/mol. The Morgan fingerprint density at radius 3 is 2.95 bits per heavy atom. The lowest BCUT2D eigenvalue weighted by molar-refractivity contribution is 0.00154. The van der Waals surface area contributed by atoms with Gasteiger partial charge in [0, 0.05) is 18.7 Å². The van der Waals surface area contributed by atoms with Crippen molar-refractivity contribution in [2.75, 3.05) is 13.1 Å². The van der Waals surface area contributed by atoms with Crippen LogP contribution in [0.3, 0.4) is 0 Å². The van der Waals surface area contributed by atoms with Crippen LogP contribution in [-0.2, 0) is 4.74 Å². The second-order valence-corrected chi connectivity index (χ2v) is 5.84. The van der Waals surface area contributed by atoms with Crippen molar-refractivity contribution in [3.8, 4) is 0 Å². The van der Waals surface area contributed by atoms with Crippen molar-refractivity contribution < 1.29 is 9.53 Å². The largest absolute Gasteiger partial charge is 0.373 e. The van der Waals surface area contributed by atoms with Crippen molar-refractivity contribution in [2.45, 2.75) is 38.9 Å². The fraction of sp³-hybridized carbons (Fsp3) is 0.562. The molecule has 19 heavy (non-hydrogen) atoms. The molecule has 2 fully saturated rings. The normalized spacial score (nSPS) is 30.2.